The summed E-state index contributed by atoms with van der Waals surface area (Å²) < 4.78 is 0. The molecule has 2 N–H and O–H groups in total. The van der Waals surface area contributed by atoms with Gasteiger partial charge in [-0.25, -0.2) is 0 Å². The number of aryl methyl sites for hydroxylation is 1. The van der Waals surface area contributed by atoms with Crippen molar-refractivity contribution in [3.05, 3.63) is 29.8 Å². The van der Waals surface area contributed by atoms with Gasteiger partial charge in [-0.2, -0.15) is 0 Å². The van der Waals surface area contributed by atoms with Crippen molar-refractivity contribution in [3.63, 3.8) is 0 Å². The van der Waals surface area contributed by atoms with Crippen LogP contribution in [0, 0.1) is 5.92 Å². The summed E-state index contributed by atoms with van der Waals surface area (Å²) in [5.74, 6) is 0.751. The molecule has 3 unspecified atom stereocenters. The molecular formula is C17H26N2. The molecule has 2 heteroatoms. The molecule has 1 aromatic rings. The van der Waals surface area contributed by atoms with Gasteiger partial charge >= 0.3 is 0 Å². The molecule has 104 valence electrons. The maximum absolute atomic E-state index is 6.21. The molecule has 1 fully saturated rings. The van der Waals surface area contributed by atoms with Crippen molar-refractivity contribution >= 4 is 5.69 Å². The Bertz CT molecular complexity index is 429. The van der Waals surface area contributed by atoms with Gasteiger partial charge in [0.1, 0.15) is 0 Å². The highest BCUT2D eigenvalue weighted by molar-refractivity contribution is 5.56. The molecule has 0 aromatic heterocycles. The molecule has 1 saturated carbocycles. The van der Waals surface area contributed by atoms with Crippen LogP contribution in [0.3, 0.4) is 0 Å². The van der Waals surface area contributed by atoms with Crippen molar-refractivity contribution in [2.24, 2.45) is 11.7 Å². The lowest BCUT2D eigenvalue weighted by Gasteiger charge is -2.38. The number of benzene rings is 1. The number of anilines is 1. The first-order valence-corrected chi connectivity index (χ1v) is 7.86. The first-order valence-electron chi connectivity index (χ1n) is 7.86. The van der Waals surface area contributed by atoms with Gasteiger partial charge in [-0.05, 0) is 56.6 Å². The fourth-order valence-electron chi connectivity index (χ4n) is 3.83. The van der Waals surface area contributed by atoms with Crippen LogP contribution in [0.1, 0.15) is 44.6 Å². The van der Waals surface area contributed by atoms with Gasteiger partial charge in [0.05, 0.1) is 0 Å². The fraction of sp³-hybridized carbons (Fsp3) is 0.647. The molecule has 3 rings (SSSR count). The topological polar surface area (TPSA) is 29.3 Å². The average molecular weight is 258 g/mol. The lowest BCUT2D eigenvalue weighted by atomic mass is 9.94. The monoisotopic (exact) mass is 258 g/mol. The van der Waals surface area contributed by atoms with E-state index >= 15 is 0 Å². The largest absolute Gasteiger partial charge is 0.369 e. The number of hydrogen-bond acceptors (Lipinski definition) is 2. The third-order valence-corrected chi connectivity index (χ3v) is 5.12. The number of nitrogens with zero attached hydrogens (tertiary/aromatic N) is 1. The Morgan fingerprint density at radius 3 is 2.84 bits per heavy atom. The standard InChI is InChI=1S/C17H26N2/c1-13-9-10-15-5-2-3-8-17(15)19(13)12-11-14-6-4-7-16(14)18/h2-3,5,8,13-14,16H,4,6-7,9-12,18H2,1H3. The Morgan fingerprint density at radius 2 is 2.05 bits per heavy atom. The van der Waals surface area contributed by atoms with E-state index in [1.165, 1.54) is 56.3 Å². The van der Waals surface area contributed by atoms with Crippen molar-refractivity contribution in [1.29, 1.82) is 0 Å². The maximum atomic E-state index is 6.21. The third-order valence-electron chi connectivity index (χ3n) is 5.12. The molecule has 19 heavy (non-hydrogen) atoms. The smallest absolute Gasteiger partial charge is 0.0401 e. The van der Waals surface area contributed by atoms with Crippen molar-refractivity contribution in [1.82, 2.24) is 0 Å². The summed E-state index contributed by atoms with van der Waals surface area (Å²) in [6.07, 6.45) is 7.68. The first kappa shape index (κ1) is 13.0. The Labute approximate surface area is 117 Å². The summed E-state index contributed by atoms with van der Waals surface area (Å²) in [6.45, 7) is 3.54. The summed E-state index contributed by atoms with van der Waals surface area (Å²) in [5.41, 5.74) is 9.20. The van der Waals surface area contributed by atoms with Gasteiger partial charge in [-0.1, -0.05) is 24.6 Å². The van der Waals surface area contributed by atoms with Crippen LogP contribution >= 0.6 is 0 Å². The molecule has 1 aliphatic heterocycles. The zero-order valence-corrected chi connectivity index (χ0v) is 12.0. The van der Waals surface area contributed by atoms with E-state index in [4.69, 9.17) is 5.73 Å². The fourth-order valence-corrected chi connectivity index (χ4v) is 3.83. The normalized spacial score (nSPS) is 30.4. The molecular weight excluding hydrogens is 232 g/mol. The maximum Gasteiger partial charge on any atom is 0.0401 e. The van der Waals surface area contributed by atoms with Crippen LogP contribution in [-0.4, -0.2) is 18.6 Å². The molecule has 0 spiro atoms. The SMILES string of the molecule is CC1CCc2ccccc2N1CCC1CCCC1N. The van der Waals surface area contributed by atoms with Gasteiger partial charge in [0.25, 0.3) is 0 Å². The minimum Gasteiger partial charge on any atom is -0.369 e. The number of hydrogen-bond donors (Lipinski definition) is 1. The van der Waals surface area contributed by atoms with Crippen LogP contribution in [-0.2, 0) is 6.42 Å². The predicted octanol–water partition coefficient (Wildman–Crippen LogP) is 3.35. The lowest BCUT2D eigenvalue weighted by Crippen LogP contribution is -2.39. The average Bonchev–Trinajstić information content (AvgIpc) is 2.83. The lowest BCUT2D eigenvalue weighted by molar-refractivity contribution is 0.430. The molecule has 0 saturated heterocycles. The zero-order valence-electron chi connectivity index (χ0n) is 12.0. The summed E-state index contributed by atoms with van der Waals surface area (Å²) >= 11 is 0. The zero-order chi connectivity index (χ0) is 13.2. The Morgan fingerprint density at radius 1 is 1.21 bits per heavy atom. The van der Waals surface area contributed by atoms with E-state index in [1.54, 1.807) is 0 Å². The summed E-state index contributed by atoms with van der Waals surface area (Å²) in [5, 5.41) is 0. The van der Waals surface area contributed by atoms with Gasteiger partial charge < -0.3 is 10.6 Å². The second-order valence-electron chi connectivity index (χ2n) is 6.35. The van der Waals surface area contributed by atoms with Gasteiger partial charge in [-0.15, -0.1) is 0 Å². The van der Waals surface area contributed by atoms with Gasteiger partial charge in [-0.3, -0.25) is 0 Å². The number of para-hydroxylation sites is 1. The highest BCUT2D eigenvalue weighted by atomic mass is 15.2. The molecule has 1 aliphatic carbocycles. The van der Waals surface area contributed by atoms with E-state index < -0.39 is 0 Å². The first-order chi connectivity index (χ1) is 9.25. The van der Waals surface area contributed by atoms with E-state index in [9.17, 15) is 0 Å². The van der Waals surface area contributed by atoms with Crippen LogP contribution in [0.2, 0.25) is 0 Å². The van der Waals surface area contributed by atoms with Crippen molar-refractivity contribution in [3.8, 4) is 0 Å². The molecule has 1 heterocycles. The van der Waals surface area contributed by atoms with E-state index in [0.29, 0.717) is 12.1 Å². The Balaban J connectivity index is 1.69. The molecule has 1 aromatic carbocycles. The highest BCUT2D eigenvalue weighted by Gasteiger charge is 2.27. The second kappa shape index (κ2) is 5.54. The Hall–Kier alpha value is -1.02. The van der Waals surface area contributed by atoms with Crippen LogP contribution in [0.15, 0.2) is 24.3 Å². The van der Waals surface area contributed by atoms with Crippen LogP contribution in [0.5, 0.6) is 0 Å². The van der Waals surface area contributed by atoms with Crippen molar-refractivity contribution in [2.45, 2.75) is 57.5 Å². The van der Waals surface area contributed by atoms with Gasteiger partial charge in [0.15, 0.2) is 0 Å². The minimum absolute atomic E-state index is 0.454. The summed E-state index contributed by atoms with van der Waals surface area (Å²) in [4.78, 5) is 2.61. The molecule has 3 atom stereocenters. The molecule has 2 nitrogen and oxygen atoms in total. The second-order valence-corrected chi connectivity index (χ2v) is 6.35. The molecule has 2 aliphatic rings. The molecule has 0 radical (unpaired) electrons. The Kier molecular flexibility index (Phi) is 3.79. The number of fused-ring (bicyclic) bond motifs is 1. The molecule has 0 bridgehead atoms. The highest BCUT2D eigenvalue weighted by Crippen LogP contribution is 2.33. The van der Waals surface area contributed by atoms with E-state index in [1.807, 2.05) is 0 Å². The summed E-state index contributed by atoms with van der Waals surface area (Å²) in [6, 6.07) is 10.0. The predicted molar refractivity (Wildman–Crippen MR) is 81.5 cm³/mol. The number of nitrogens with two attached hydrogens (primary N) is 1. The van der Waals surface area contributed by atoms with Crippen LogP contribution < -0.4 is 10.6 Å². The van der Waals surface area contributed by atoms with E-state index in [-0.39, 0.29) is 0 Å². The summed E-state index contributed by atoms with van der Waals surface area (Å²) in [7, 11) is 0. The van der Waals surface area contributed by atoms with Crippen molar-refractivity contribution < 1.29 is 0 Å². The van der Waals surface area contributed by atoms with Gasteiger partial charge in [0.2, 0.25) is 0 Å². The van der Waals surface area contributed by atoms with Gasteiger partial charge in [0, 0.05) is 24.3 Å². The van der Waals surface area contributed by atoms with Crippen LogP contribution in [0.25, 0.3) is 0 Å². The quantitative estimate of drug-likeness (QED) is 0.901. The number of rotatable bonds is 3. The molecule has 0 amide bonds. The third kappa shape index (κ3) is 2.64. The van der Waals surface area contributed by atoms with E-state index in [0.717, 1.165) is 5.92 Å². The van der Waals surface area contributed by atoms with E-state index in [2.05, 4.69) is 36.1 Å². The minimum atomic E-state index is 0.454. The van der Waals surface area contributed by atoms with Crippen LogP contribution in [0.4, 0.5) is 5.69 Å². The van der Waals surface area contributed by atoms with Crippen molar-refractivity contribution in [2.75, 3.05) is 11.4 Å².